The Morgan fingerprint density at radius 2 is 2.15 bits per heavy atom. The first-order valence-corrected chi connectivity index (χ1v) is 7.43. The molecule has 3 atom stereocenters. The van der Waals surface area contributed by atoms with Gasteiger partial charge in [0.1, 0.15) is 23.8 Å². The van der Waals surface area contributed by atoms with Crippen LogP contribution in [0.25, 0.3) is 0 Å². The highest BCUT2D eigenvalue weighted by molar-refractivity contribution is 5.33. The summed E-state index contributed by atoms with van der Waals surface area (Å²) in [5, 5.41) is 3.42. The van der Waals surface area contributed by atoms with Gasteiger partial charge in [-0.2, -0.15) is 0 Å². The standard InChI is InChI=1S/C16H24FNO2/c1-4-8-19-16-13(18-5-2)10-15(16)20-14-7-6-12(17)9-11(14)3/h6-7,9,13,15-16,18H,4-5,8,10H2,1-3H3. The maximum absolute atomic E-state index is 13.1. The third-order valence-electron chi connectivity index (χ3n) is 3.65. The van der Waals surface area contributed by atoms with Gasteiger partial charge in [-0.05, 0) is 43.7 Å². The van der Waals surface area contributed by atoms with E-state index in [0.29, 0.717) is 6.04 Å². The predicted molar refractivity (Wildman–Crippen MR) is 77.7 cm³/mol. The first-order chi connectivity index (χ1) is 9.65. The van der Waals surface area contributed by atoms with E-state index < -0.39 is 0 Å². The minimum absolute atomic E-state index is 0.0507. The topological polar surface area (TPSA) is 30.5 Å². The minimum atomic E-state index is -0.229. The summed E-state index contributed by atoms with van der Waals surface area (Å²) in [7, 11) is 0. The van der Waals surface area contributed by atoms with Crippen molar-refractivity contribution in [1.82, 2.24) is 5.32 Å². The summed E-state index contributed by atoms with van der Waals surface area (Å²) in [5.41, 5.74) is 0.825. The molecule has 1 fully saturated rings. The number of likely N-dealkylation sites (N-methyl/N-ethyl adjacent to an activating group) is 1. The highest BCUT2D eigenvalue weighted by Gasteiger charge is 2.43. The fraction of sp³-hybridized carbons (Fsp3) is 0.625. The van der Waals surface area contributed by atoms with Gasteiger partial charge in [-0.3, -0.25) is 0 Å². The molecular formula is C16H24FNO2. The zero-order chi connectivity index (χ0) is 14.5. The molecule has 2 rings (SSSR count). The third kappa shape index (κ3) is 3.49. The van der Waals surface area contributed by atoms with Crippen molar-refractivity contribution >= 4 is 0 Å². The number of aryl methyl sites for hydroxylation is 1. The molecule has 1 aromatic rings. The van der Waals surface area contributed by atoms with Crippen molar-refractivity contribution in [2.24, 2.45) is 0 Å². The van der Waals surface area contributed by atoms with Crippen LogP contribution < -0.4 is 10.1 Å². The van der Waals surface area contributed by atoms with Gasteiger partial charge in [0.2, 0.25) is 0 Å². The van der Waals surface area contributed by atoms with Crippen LogP contribution in [-0.2, 0) is 4.74 Å². The third-order valence-corrected chi connectivity index (χ3v) is 3.65. The van der Waals surface area contributed by atoms with Gasteiger partial charge in [0, 0.05) is 19.1 Å². The number of hydrogen-bond donors (Lipinski definition) is 1. The summed E-state index contributed by atoms with van der Waals surface area (Å²) in [5.74, 6) is 0.518. The molecular weight excluding hydrogens is 257 g/mol. The van der Waals surface area contributed by atoms with Crippen LogP contribution in [0.3, 0.4) is 0 Å². The summed E-state index contributed by atoms with van der Waals surface area (Å²) in [4.78, 5) is 0. The fourth-order valence-corrected chi connectivity index (χ4v) is 2.54. The van der Waals surface area contributed by atoms with Crippen LogP contribution in [0.5, 0.6) is 5.75 Å². The van der Waals surface area contributed by atoms with Crippen molar-refractivity contribution in [1.29, 1.82) is 0 Å². The Balaban J connectivity index is 1.97. The minimum Gasteiger partial charge on any atom is -0.487 e. The molecule has 1 N–H and O–H groups in total. The highest BCUT2D eigenvalue weighted by Crippen LogP contribution is 2.31. The van der Waals surface area contributed by atoms with Gasteiger partial charge in [0.05, 0.1) is 0 Å². The van der Waals surface area contributed by atoms with Crippen molar-refractivity contribution < 1.29 is 13.9 Å². The van der Waals surface area contributed by atoms with E-state index >= 15 is 0 Å². The van der Waals surface area contributed by atoms with Crippen molar-refractivity contribution in [2.45, 2.75) is 51.9 Å². The molecule has 1 aliphatic rings. The Labute approximate surface area is 120 Å². The molecule has 3 unspecified atom stereocenters. The molecule has 1 saturated carbocycles. The molecule has 1 aliphatic carbocycles. The average molecular weight is 281 g/mol. The largest absolute Gasteiger partial charge is 0.487 e. The summed E-state index contributed by atoms with van der Waals surface area (Å²) >= 11 is 0. The lowest BCUT2D eigenvalue weighted by Gasteiger charge is -2.44. The molecule has 0 bridgehead atoms. The van der Waals surface area contributed by atoms with E-state index in [9.17, 15) is 4.39 Å². The predicted octanol–water partition coefficient (Wildman–Crippen LogP) is 3.06. The van der Waals surface area contributed by atoms with E-state index in [0.717, 1.165) is 37.3 Å². The van der Waals surface area contributed by atoms with Gasteiger partial charge in [-0.25, -0.2) is 4.39 Å². The molecule has 20 heavy (non-hydrogen) atoms. The fourth-order valence-electron chi connectivity index (χ4n) is 2.54. The van der Waals surface area contributed by atoms with Crippen molar-refractivity contribution in [2.75, 3.05) is 13.2 Å². The van der Waals surface area contributed by atoms with E-state index in [-0.39, 0.29) is 18.0 Å². The molecule has 1 aromatic carbocycles. The quantitative estimate of drug-likeness (QED) is 0.833. The van der Waals surface area contributed by atoms with Gasteiger partial charge in [0.25, 0.3) is 0 Å². The second kappa shape index (κ2) is 7.04. The van der Waals surface area contributed by atoms with Crippen LogP contribution in [0.1, 0.15) is 32.3 Å². The monoisotopic (exact) mass is 281 g/mol. The van der Waals surface area contributed by atoms with E-state index in [1.807, 2.05) is 6.92 Å². The van der Waals surface area contributed by atoms with Crippen LogP contribution in [0, 0.1) is 12.7 Å². The number of ether oxygens (including phenoxy) is 2. The van der Waals surface area contributed by atoms with Crippen LogP contribution >= 0.6 is 0 Å². The Kier molecular flexibility index (Phi) is 5.38. The van der Waals surface area contributed by atoms with Crippen molar-refractivity contribution in [3.05, 3.63) is 29.6 Å². The van der Waals surface area contributed by atoms with Crippen LogP contribution in [0.4, 0.5) is 4.39 Å². The zero-order valence-corrected chi connectivity index (χ0v) is 12.5. The molecule has 4 heteroatoms. The summed E-state index contributed by atoms with van der Waals surface area (Å²) < 4.78 is 25.0. The first kappa shape index (κ1) is 15.3. The molecule has 0 saturated heterocycles. The number of benzene rings is 1. The Morgan fingerprint density at radius 3 is 2.80 bits per heavy atom. The zero-order valence-electron chi connectivity index (χ0n) is 12.5. The lowest BCUT2D eigenvalue weighted by atomic mass is 9.85. The molecule has 0 heterocycles. The van der Waals surface area contributed by atoms with Crippen LogP contribution in [0.2, 0.25) is 0 Å². The van der Waals surface area contributed by atoms with E-state index in [4.69, 9.17) is 9.47 Å². The van der Waals surface area contributed by atoms with Gasteiger partial charge in [-0.1, -0.05) is 13.8 Å². The smallest absolute Gasteiger partial charge is 0.128 e. The Hall–Kier alpha value is -1.13. The molecule has 0 radical (unpaired) electrons. The molecule has 112 valence electrons. The average Bonchev–Trinajstić information content (AvgIpc) is 2.40. The first-order valence-electron chi connectivity index (χ1n) is 7.43. The van der Waals surface area contributed by atoms with Crippen molar-refractivity contribution in [3.63, 3.8) is 0 Å². The maximum atomic E-state index is 13.1. The van der Waals surface area contributed by atoms with Crippen LogP contribution in [0.15, 0.2) is 18.2 Å². The molecule has 3 nitrogen and oxygen atoms in total. The number of hydrogen-bond acceptors (Lipinski definition) is 3. The summed E-state index contributed by atoms with van der Waals surface area (Å²) in [6.45, 7) is 7.73. The van der Waals surface area contributed by atoms with Gasteiger partial charge in [-0.15, -0.1) is 0 Å². The van der Waals surface area contributed by atoms with E-state index in [1.165, 1.54) is 12.1 Å². The Morgan fingerprint density at radius 1 is 1.35 bits per heavy atom. The molecule has 0 amide bonds. The number of nitrogens with one attached hydrogen (secondary N) is 1. The lowest BCUT2D eigenvalue weighted by molar-refractivity contribution is -0.107. The second-order valence-electron chi connectivity index (χ2n) is 5.30. The van der Waals surface area contributed by atoms with Crippen LogP contribution in [-0.4, -0.2) is 31.4 Å². The molecule has 0 aromatic heterocycles. The SMILES string of the molecule is CCCOC1C(NCC)CC1Oc1ccc(F)cc1C. The molecule has 0 aliphatic heterocycles. The summed E-state index contributed by atoms with van der Waals surface area (Å²) in [6.07, 6.45) is 2.06. The van der Waals surface area contributed by atoms with Crippen molar-refractivity contribution in [3.8, 4) is 5.75 Å². The number of rotatable bonds is 7. The maximum Gasteiger partial charge on any atom is 0.128 e. The van der Waals surface area contributed by atoms with E-state index in [1.54, 1.807) is 6.07 Å². The second-order valence-corrected chi connectivity index (χ2v) is 5.30. The van der Waals surface area contributed by atoms with Gasteiger partial charge < -0.3 is 14.8 Å². The lowest BCUT2D eigenvalue weighted by Crippen LogP contribution is -2.61. The highest BCUT2D eigenvalue weighted by atomic mass is 19.1. The van der Waals surface area contributed by atoms with Gasteiger partial charge >= 0.3 is 0 Å². The van der Waals surface area contributed by atoms with Gasteiger partial charge in [0.15, 0.2) is 0 Å². The normalized spacial score (nSPS) is 25.3. The summed E-state index contributed by atoms with van der Waals surface area (Å²) in [6, 6.07) is 4.99. The number of halogens is 1. The molecule has 0 spiro atoms. The van der Waals surface area contributed by atoms with E-state index in [2.05, 4.69) is 19.2 Å². The Bertz CT molecular complexity index is 438.